The summed E-state index contributed by atoms with van der Waals surface area (Å²) in [6.07, 6.45) is 8.79. The van der Waals surface area contributed by atoms with Crippen LogP contribution in [0.5, 0.6) is 0 Å². The van der Waals surface area contributed by atoms with Crippen molar-refractivity contribution in [1.29, 1.82) is 0 Å². The molecule has 0 fully saturated rings. The quantitative estimate of drug-likeness (QED) is 0.554. The summed E-state index contributed by atoms with van der Waals surface area (Å²) in [4.78, 5) is 11.7. The summed E-state index contributed by atoms with van der Waals surface area (Å²) < 4.78 is 0.904. The fraction of sp³-hybridized carbons (Fsp3) is 0.500. The molecule has 0 aromatic heterocycles. The summed E-state index contributed by atoms with van der Waals surface area (Å²) in [6.45, 7) is 5.87. The average Bonchev–Trinajstić information content (AvgIpc) is 2.43. The van der Waals surface area contributed by atoms with Crippen molar-refractivity contribution in [3.63, 3.8) is 0 Å². The van der Waals surface area contributed by atoms with Crippen LogP contribution in [0.4, 0.5) is 0 Å². The second kappa shape index (κ2) is 7.13. The van der Waals surface area contributed by atoms with E-state index in [1.807, 2.05) is 38.1 Å². The Morgan fingerprint density at radius 3 is 2.43 bits per heavy atom. The van der Waals surface area contributed by atoms with Gasteiger partial charge in [-0.05, 0) is 51.3 Å². The Bertz CT molecular complexity index is 542. The average molecular weight is 351 g/mol. The van der Waals surface area contributed by atoms with Crippen LogP contribution < -0.4 is 0 Å². The molecule has 1 atom stereocenters. The first-order chi connectivity index (χ1) is 9.71. The predicted octanol–water partition coefficient (Wildman–Crippen LogP) is 5.01. The summed E-state index contributed by atoms with van der Waals surface area (Å²) >= 11 is 3.41. The van der Waals surface area contributed by atoms with Gasteiger partial charge in [0.1, 0.15) is 0 Å². The van der Waals surface area contributed by atoms with Gasteiger partial charge in [-0.1, -0.05) is 40.9 Å². The van der Waals surface area contributed by atoms with E-state index in [1.165, 1.54) is 0 Å². The molecule has 2 nitrogen and oxygen atoms in total. The molecule has 0 aliphatic heterocycles. The van der Waals surface area contributed by atoms with E-state index in [-0.39, 0.29) is 5.41 Å². The van der Waals surface area contributed by atoms with Gasteiger partial charge < -0.3 is 5.11 Å². The topological polar surface area (TPSA) is 37.3 Å². The second-order valence-corrected chi connectivity index (χ2v) is 7.30. The van der Waals surface area contributed by atoms with Crippen molar-refractivity contribution in [3.8, 4) is 12.3 Å². The van der Waals surface area contributed by atoms with E-state index in [2.05, 4.69) is 21.9 Å². The molecule has 114 valence electrons. The third-order valence-electron chi connectivity index (χ3n) is 4.05. The summed E-state index contributed by atoms with van der Waals surface area (Å²) in [5, 5.41) is 9.63. The number of unbranched alkanes of at least 4 members (excludes halogenated alkanes) is 1. The van der Waals surface area contributed by atoms with Crippen molar-refractivity contribution in [3.05, 3.63) is 34.3 Å². The van der Waals surface area contributed by atoms with Crippen LogP contribution in [-0.2, 0) is 10.2 Å². The summed E-state index contributed by atoms with van der Waals surface area (Å²) in [6, 6.07) is 7.55. The first-order valence-corrected chi connectivity index (χ1v) is 7.98. The third kappa shape index (κ3) is 4.89. The van der Waals surface area contributed by atoms with Gasteiger partial charge in [-0.15, -0.1) is 12.3 Å². The van der Waals surface area contributed by atoms with E-state index in [4.69, 9.17) is 6.42 Å². The summed E-state index contributed by atoms with van der Waals surface area (Å²) in [5.74, 6) is 2.00. The number of benzene rings is 1. The van der Waals surface area contributed by atoms with Gasteiger partial charge >= 0.3 is 5.97 Å². The van der Waals surface area contributed by atoms with Gasteiger partial charge in [-0.3, -0.25) is 4.79 Å². The Balaban J connectivity index is 2.75. The lowest BCUT2D eigenvalue weighted by Crippen LogP contribution is -2.32. The van der Waals surface area contributed by atoms with E-state index in [0.29, 0.717) is 6.42 Å². The van der Waals surface area contributed by atoms with Crippen molar-refractivity contribution < 1.29 is 9.90 Å². The lowest BCUT2D eigenvalue weighted by Gasteiger charge is -2.26. The Kier molecular flexibility index (Phi) is 6.04. The first kappa shape index (κ1) is 17.8. The van der Waals surface area contributed by atoms with Gasteiger partial charge in [0.2, 0.25) is 0 Å². The Hall–Kier alpha value is -1.27. The molecule has 21 heavy (non-hydrogen) atoms. The fourth-order valence-electron chi connectivity index (χ4n) is 2.32. The molecule has 0 amide bonds. The highest BCUT2D eigenvalue weighted by Gasteiger charge is 2.34. The molecule has 1 aromatic carbocycles. The molecule has 1 rings (SSSR count). The Morgan fingerprint density at radius 1 is 1.29 bits per heavy atom. The van der Waals surface area contributed by atoms with Crippen molar-refractivity contribution in [1.82, 2.24) is 0 Å². The zero-order chi connectivity index (χ0) is 16.1. The van der Waals surface area contributed by atoms with E-state index < -0.39 is 11.4 Å². The minimum Gasteiger partial charge on any atom is -0.481 e. The van der Waals surface area contributed by atoms with Crippen molar-refractivity contribution in [2.45, 2.75) is 51.9 Å². The number of terminal acetylenes is 1. The standard InChI is InChI=1S/C18H23BrO2/c1-5-17(2,3)11-6-7-12-18(4,16(20)21)14-9-8-10-15(19)13-14/h1,8-10,13H,6-7,11-12H2,2-4H3,(H,20,21). The smallest absolute Gasteiger partial charge is 0.313 e. The molecule has 0 radical (unpaired) electrons. The molecule has 3 heteroatoms. The van der Waals surface area contributed by atoms with Gasteiger partial charge in [-0.2, -0.15) is 0 Å². The highest BCUT2D eigenvalue weighted by molar-refractivity contribution is 9.10. The number of rotatable bonds is 7. The van der Waals surface area contributed by atoms with Gasteiger partial charge in [0.25, 0.3) is 0 Å². The van der Waals surface area contributed by atoms with Gasteiger partial charge in [0.15, 0.2) is 0 Å². The van der Waals surface area contributed by atoms with Crippen LogP contribution >= 0.6 is 15.9 Å². The van der Waals surface area contributed by atoms with Gasteiger partial charge in [0, 0.05) is 9.89 Å². The maximum atomic E-state index is 11.7. The van der Waals surface area contributed by atoms with E-state index >= 15 is 0 Å². The number of carbonyl (C=O) groups is 1. The number of halogens is 1. The molecule has 0 saturated carbocycles. The minimum absolute atomic E-state index is 0.116. The van der Waals surface area contributed by atoms with Crippen molar-refractivity contribution in [2.24, 2.45) is 5.41 Å². The lowest BCUT2D eigenvalue weighted by atomic mass is 9.77. The van der Waals surface area contributed by atoms with Crippen LogP contribution in [0.15, 0.2) is 28.7 Å². The molecule has 0 spiro atoms. The molecule has 0 bridgehead atoms. The lowest BCUT2D eigenvalue weighted by molar-refractivity contribution is -0.143. The number of carboxylic acid groups (broad SMARTS) is 1. The van der Waals surface area contributed by atoms with Crippen LogP contribution in [0.3, 0.4) is 0 Å². The third-order valence-corrected chi connectivity index (χ3v) is 4.55. The van der Waals surface area contributed by atoms with Gasteiger partial charge in [-0.25, -0.2) is 0 Å². The molecule has 1 N–H and O–H groups in total. The molecule has 1 unspecified atom stereocenters. The number of hydrogen-bond acceptors (Lipinski definition) is 1. The van der Waals surface area contributed by atoms with Crippen LogP contribution in [0.1, 0.15) is 52.0 Å². The van der Waals surface area contributed by atoms with Gasteiger partial charge in [0.05, 0.1) is 5.41 Å². The zero-order valence-electron chi connectivity index (χ0n) is 12.9. The minimum atomic E-state index is -0.857. The normalized spacial score (nSPS) is 14.2. The SMILES string of the molecule is C#CC(C)(C)CCCCC(C)(C(=O)O)c1cccc(Br)c1. The highest BCUT2D eigenvalue weighted by Crippen LogP contribution is 2.33. The molecule has 0 aliphatic carbocycles. The number of aliphatic carboxylic acids is 1. The van der Waals surface area contributed by atoms with Crippen LogP contribution in [0.25, 0.3) is 0 Å². The zero-order valence-corrected chi connectivity index (χ0v) is 14.5. The molecule has 0 aliphatic rings. The van der Waals surface area contributed by atoms with Crippen molar-refractivity contribution >= 4 is 21.9 Å². The number of carboxylic acids is 1. The highest BCUT2D eigenvalue weighted by atomic mass is 79.9. The second-order valence-electron chi connectivity index (χ2n) is 6.38. The van der Waals surface area contributed by atoms with Crippen LogP contribution in [0, 0.1) is 17.8 Å². The van der Waals surface area contributed by atoms with E-state index in [1.54, 1.807) is 6.92 Å². The Labute approximate surface area is 136 Å². The molecule has 1 aromatic rings. The van der Waals surface area contributed by atoms with E-state index in [9.17, 15) is 9.90 Å². The Morgan fingerprint density at radius 2 is 1.90 bits per heavy atom. The van der Waals surface area contributed by atoms with Crippen molar-refractivity contribution in [2.75, 3.05) is 0 Å². The maximum absolute atomic E-state index is 11.7. The molecule has 0 saturated heterocycles. The predicted molar refractivity (Wildman–Crippen MR) is 90.2 cm³/mol. The maximum Gasteiger partial charge on any atom is 0.313 e. The van der Waals surface area contributed by atoms with Crippen LogP contribution in [-0.4, -0.2) is 11.1 Å². The summed E-state index contributed by atoms with van der Waals surface area (Å²) in [5.41, 5.74) is -0.139. The van der Waals surface area contributed by atoms with E-state index in [0.717, 1.165) is 29.3 Å². The monoisotopic (exact) mass is 350 g/mol. The molecule has 0 heterocycles. The molecular formula is C18H23BrO2. The first-order valence-electron chi connectivity index (χ1n) is 7.18. The summed E-state index contributed by atoms with van der Waals surface area (Å²) in [7, 11) is 0. The largest absolute Gasteiger partial charge is 0.481 e. The van der Waals surface area contributed by atoms with Crippen LogP contribution in [0.2, 0.25) is 0 Å². The number of hydrogen-bond donors (Lipinski definition) is 1. The molecular weight excluding hydrogens is 328 g/mol. The fourth-order valence-corrected chi connectivity index (χ4v) is 2.72.